The predicted molar refractivity (Wildman–Crippen MR) is 93.5 cm³/mol. The molecule has 2 saturated heterocycles. The Labute approximate surface area is 148 Å². The van der Waals surface area contributed by atoms with Crippen LogP contribution in [0, 0.1) is 5.92 Å². The Morgan fingerprint density at radius 3 is 2.64 bits per heavy atom. The first kappa shape index (κ1) is 17.5. The number of amides is 3. The van der Waals surface area contributed by atoms with Crippen molar-refractivity contribution in [1.82, 2.24) is 15.1 Å². The van der Waals surface area contributed by atoms with Gasteiger partial charge in [-0.1, -0.05) is 30.3 Å². The first-order chi connectivity index (χ1) is 12.1. The molecule has 0 bridgehead atoms. The van der Waals surface area contributed by atoms with Gasteiger partial charge in [0.15, 0.2) is 0 Å². The average Bonchev–Trinajstić information content (AvgIpc) is 2.83. The molecular weight excluding hydrogens is 318 g/mol. The lowest BCUT2D eigenvalue weighted by molar-refractivity contribution is -0.142. The third-order valence-corrected chi connectivity index (χ3v) is 5.11. The Morgan fingerprint density at radius 2 is 1.92 bits per heavy atom. The number of hydrogen-bond acceptors (Lipinski definition) is 3. The van der Waals surface area contributed by atoms with Crippen LogP contribution in [0.5, 0.6) is 0 Å². The molecular formula is C19H25N3O3. The fourth-order valence-electron chi connectivity index (χ4n) is 3.77. The third-order valence-electron chi connectivity index (χ3n) is 5.11. The highest BCUT2D eigenvalue weighted by molar-refractivity contribution is 5.83. The molecule has 6 heteroatoms. The lowest BCUT2D eigenvalue weighted by Gasteiger charge is -2.37. The molecule has 134 valence electrons. The van der Waals surface area contributed by atoms with Gasteiger partial charge in [0, 0.05) is 33.1 Å². The van der Waals surface area contributed by atoms with Gasteiger partial charge in [0.2, 0.25) is 17.7 Å². The molecule has 0 spiro atoms. The van der Waals surface area contributed by atoms with Gasteiger partial charge in [-0.3, -0.25) is 14.4 Å². The zero-order valence-corrected chi connectivity index (χ0v) is 14.6. The molecule has 1 N–H and O–H groups in total. The van der Waals surface area contributed by atoms with E-state index < -0.39 is 0 Å². The van der Waals surface area contributed by atoms with E-state index in [1.54, 1.807) is 11.8 Å². The molecule has 2 fully saturated rings. The molecule has 2 heterocycles. The summed E-state index contributed by atoms with van der Waals surface area (Å²) >= 11 is 0. The second-order valence-corrected chi connectivity index (χ2v) is 6.82. The van der Waals surface area contributed by atoms with Gasteiger partial charge in [0.05, 0.1) is 18.4 Å². The first-order valence-corrected chi connectivity index (χ1v) is 8.94. The summed E-state index contributed by atoms with van der Waals surface area (Å²) in [6.45, 7) is 3.72. The first-order valence-electron chi connectivity index (χ1n) is 8.94. The number of likely N-dealkylation sites (tertiary alicyclic amines) is 1. The quantitative estimate of drug-likeness (QED) is 0.881. The molecule has 0 aliphatic carbocycles. The van der Waals surface area contributed by atoms with Crippen molar-refractivity contribution in [2.45, 2.75) is 32.2 Å². The number of carbonyl (C=O) groups excluding carboxylic acids is 3. The van der Waals surface area contributed by atoms with Crippen LogP contribution < -0.4 is 5.32 Å². The molecule has 25 heavy (non-hydrogen) atoms. The van der Waals surface area contributed by atoms with Crippen molar-refractivity contribution in [2.24, 2.45) is 5.92 Å². The number of carbonyl (C=O) groups is 3. The van der Waals surface area contributed by atoms with E-state index in [2.05, 4.69) is 5.32 Å². The molecule has 3 amide bonds. The van der Waals surface area contributed by atoms with Crippen LogP contribution in [0.25, 0.3) is 0 Å². The van der Waals surface area contributed by atoms with Crippen LogP contribution in [0.2, 0.25) is 0 Å². The smallest absolute Gasteiger partial charge is 0.228 e. The molecule has 6 nitrogen and oxygen atoms in total. The average molecular weight is 343 g/mol. The zero-order chi connectivity index (χ0) is 17.8. The van der Waals surface area contributed by atoms with E-state index in [0.29, 0.717) is 19.6 Å². The molecule has 0 aromatic heterocycles. The normalized spacial score (nSPS) is 24.4. The summed E-state index contributed by atoms with van der Waals surface area (Å²) in [6, 6.07) is 9.47. The SMILES string of the molecule is CC(=O)N1CCC[C@@H](C(=O)N2CCNC(=O)C[C@H]2c2ccccc2)C1. The highest BCUT2D eigenvalue weighted by Crippen LogP contribution is 2.29. The summed E-state index contributed by atoms with van der Waals surface area (Å²) in [4.78, 5) is 40.5. The fraction of sp³-hybridized carbons (Fsp3) is 0.526. The van der Waals surface area contributed by atoms with E-state index in [9.17, 15) is 14.4 Å². The molecule has 3 rings (SSSR count). The summed E-state index contributed by atoms with van der Waals surface area (Å²) in [6.07, 6.45) is 1.91. The molecule has 2 aliphatic heterocycles. The summed E-state index contributed by atoms with van der Waals surface area (Å²) in [5, 5.41) is 2.86. The molecule has 2 aliphatic rings. The summed E-state index contributed by atoms with van der Waals surface area (Å²) in [5.74, 6) is -0.142. The second-order valence-electron chi connectivity index (χ2n) is 6.82. The highest BCUT2D eigenvalue weighted by atomic mass is 16.2. The van der Waals surface area contributed by atoms with Crippen molar-refractivity contribution in [3.63, 3.8) is 0 Å². The van der Waals surface area contributed by atoms with Gasteiger partial charge in [-0.25, -0.2) is 0 Å². The monoisotopic (exact) mass is 343 g/mol. The Morgan fingerprint density at radius 1 is 1.16 bits per heavy atom. The van der Waals surface area contributed by atoms with Crippen molar-refractivity contribution in [2.75, 3.05) is 26.2 Å². The Hall–Kier alpha value is -2.37. The van der Waals surface area contributed by atoms with E-state index in [4.69, 9.17) is 0 Å². The minimum Gasteiger partial charge on any atom is -0.354 e. The van der Waals surface area contributed by atoms with Crippen LogP contribution in [0.15, 0.2) is 30.3 Å². The summed E-state index contributed by atoms with van der Waals surface area (Å²) in [5.41, 5.74) is 0.979. The largest absolute Gasteiger partial charge is 0.354 e. The summed E-state index contributed by atoms with van der Waals surface area (Å²) < 4.78 is 0. The molecule has 0 unspecified atom stereocenters. The Bertz CT molecular complexity index is 647. The molecule has 0 radical (unpaired) electrons. The van der Waals surface area contributed by atoms with Crippen molar-refractivity contribution in [1.29, 1.82) is 0 Å². The van der Waals surface area contributed by atoms with Gasteiger partial charge >= 0.3 is 0 Å². The van der Waals surface area contributed by atoms with Crippen LogP contribution in [-0.4, -0.2) is 53.7 Å². The van der Waals surface area contributed by atoms with Gasteiger partial charge in [0.1, 0.15) is 0 Å². The van der Waals surface area contributed by atoms with Crippen molar-refractivity contribution in [3.05, 3.63) is 35.9 Å². The standard InChI is InChI=1S/C19H25N3O3/c1-14(23)21-10-5-8-16(13-21)19(25)22-11-9-20-18(24)12-17(22)15-6-3-2-4-7-15/h2-4,6-7,16-17H,5,8-13H2,1H3,(H,20,24)/t16-,17+/m1/s1. The molecule has 2 atom stereocenters. The Kier molecular flexibility index (Phi) is 5.36. The van der Waals surface area contributed by atoms with Crippen LogP contribution >= 0.6 is 0 Å². The predicted octanol–water partition coefficient (Wildman–Crippen LogP) is 1.33. The molecule has 1 aromatic rings. The fourth-order valence-corrected chi connectivity index (χ4v) is 3.77. The van der Waals surface area contributed by atoms with Crippen LogP contribution in [0.1, 0.15) is 37.8 Å². The van der Waals surface area contributed by atoms with Crippen LogP contribution in [0.4, 0.5) is 0 Å². The molecule has 1 aromatic carbocycles. The second kappa shape index (κ2) is 7.68. The maximum Gasteiger partial charge on any atom is 0.228 e. The maximum absolute atomic E-state index is 13.2. The number of rotatable bonds is 2. The van der Waals surface area contributed by atoms with E-state index in [1.807, 2.05) is 35.2 Å². The van der Waals surface area contributed by atoms with Gasteiger partial charge < -0.3 is 15.1 Å². The maximum atomic E-state index is 13.2. The van der Waals surface area contributed by atoms with E-state index in [1.165, 1.54) is 0 Å². The molecule has 0 saturated carbocycles. The third kappa shape index (κ3) is 4.00. The van der Waals surface area contributed by atoms with Crippen molar-refractivity contribution < 1.29 is 14.4 Å². The Balaban J connectivity index is 1.82. The van der Waals surface area contributed by atoms with Gasteiger partial charge in [-0.15, -0.1) is 0 Å². The van der Waals surface area contributed by atoms with E-state index >= 15 is 0 Å². The summed E-state index contributed by atoms with van der Waals surface area (Å²) in [7, 11) is 0. The van der Waals surface area contributed by atoms with Crippen molar-refractivity contribution in [3.8, 4) is 0 Å². The lowest BCUT2D eigenvalue weighted by Crippen LogP contribution is -2.47. The number of benzene rings is 1. The topological polar surface area (TPSA) is 69.7 Å². The number of piperidine rings is 1. The number of nitrogens with zero attached hydrogens (tertiary/aromatic N) is 2. The minimum absolute atomic E-state index is 0.0184. The van der Waals surface area contributed by atoms with E-state index in [-0.39, 0.29) is 36.1 Å². The van der Waals surface area contributed by atoms with Gasteiger partial charge in [0.25, 0.3) is 0 Å². The van der Waals surface area contributed by atoms with Gasteiger partial charge in [-0.2, -0.15) is 0 Å². The van der Waals surface area contributed by atoms with Gasteiger partial charge in [-0.05, 0) is 18.4 Å². The zero-order valence-electron chi connectivity index (χ0n) is 14.6. The highest BCUT2D eigenvalue weighted by Gasteiger charge is 2.35. The van der Waals surface area contributed by atoms with Crippen LogP contribution in [0.3, 0.4) is 0 Å². The van der Waals surface area contributed by atoms with Crippen LogP contribution in [-0.2, 0) is 14.4 Å². The van der Waals surface area contributed by atoms with E-state index in [0.717, 1.165) is 24.9 Å². The lowest BCUT2D eigenvalue weighted by atomic mass is 9.94. The minimum atomic E-state index is -0.246. The number of nitrogens with one attached hydrogen (secondary N) is 1. The number of hydrogen-bond donors (Lipinski definition) is 1. The van der Waals surface area contributed by atoms with Crippen molar-refractivity contribution >= 4 is 17.7 Å².